The van der Waals surface area contributed by atoms with Crippen molar-refractivity contribution < 1.29 is 4.57 Å². The molecule has 0 saturated heterocycles. The lowest BCUT2D eigenvalue weighted by Crippen LogP contribution is -2.00. The lowest BCUT2D eigenvalue weighted by Gasteiger charge is -2.13. The van der Waals surface area contributed by atoms with Crippen LogP contribution in [0.5, 0.6) is 0 Å². The average molecular weight is 172 g/mol. The van der Waals surface area contributed by atoms with Gasteiger partial charge in [-0.1, -0.05) is 25.5 Å². The van der Waals surface area contributed by atoms with Crippen LogP contribution in [0, 0.1) is 5.92 Å². The summed E-state index contributed by atoms with van der Waals surface area (Å²) in [5.41, 5.74) is 1.33. The second-order valence-corrected chi connectivity index (χ2v) is 7.19. The van der Waals surface area contributed by atoms with Gasteiger partial charge in [0.25, 0.3) is 0 Å². The first-order valence-corrected chi connectivity index (χ1v) is 6.51. The van der Waals surface area contributed by atoms with Crippen molar-refractivity contribution >= 4 is 7.14 Å². The molecule has 0 fully saturated rings. The predicted octanol–water partition coefficient (Wildman–Crippen LogP) is 2.97. The Balaban J connectivity index is 2.53. The van der Waals surface area contributed by atoms with E-state index in [1.54, 1.807) is 0 Å². The highest BCUT2D eigenvalue weighted by atomic mass is 31.2. The van der Waals surface area contributed by atoms with Crippen LogP contribution < -0.4 is 0 Å². The van der Waals surface area contributed by atoms with E-state index in [-0.39, 0.29) is 0 Å². The van der Waals surface area contributed by atoms with Crippen molar-refractivity contribution in [2.75, 3.05) is 18.5 Å². The summed E-state index contributed by atoms with van der Waals surface area (Å²) in [6, 6.07) is 0. The molecular formula is C9H17OP. The Morgan fingerprint density at radius 1 is 1.64 bits per heavy atom. The summed E-state index contributed by atoms with van der Waals surface area (Å²) in [4.78, 5) is 0. The fraction of sp³-hybridized carbons (Fsp3) is 0.778. The zero-order valence-corrected chi connectivity index (χ0v) is 8.53. The molecule has 0 spiro atoms. The van der Waals surface area contributed by atoms with E-state index in [9.17, 15) is 4.57 Å². The Labute approximate surface area is 69.3 Å². The summed E-state index contributed by atoms with van der Waals surface area (Å²) < 4.78 is 12.0. The van der Waals surface area contributed by atoms with Crippen LogP contribution in [0.4, 0.5) is 0 Å². The molecule has 0 aromatic heterocycles. The Hall–Kier alpha value is -0.0300. The van der Waals surface area contributed by atoms with Crippen LogP contribution in [0.25, 0.3) is 0 Å². The third-order valence-electron chi connectivity index (χ3n) is 2.01. The molecule has 64 valence electrons. The van der Waals surface area contributed by atoms with Crippen LogP contribution in [0.1, 0.15) is 20.8 Å². The summed E-state index contributed by atoms with van der Waals surface area (Å²) in [6.45, 7) is 6.38. The number of allylic oxidation sites excluding steroid dienone is 2. The highest BCUT2D eigenvalue weighted by Gasteiger charge is 2.26. The van der Waals surface area contributed by atoms with Gasteiger partial charge in [0.1, 0.15) is 0 Å². The van der Waals surface area contributed by atoms with E-state index >= 15 is 0 Å². The van der Waals surface area contributed by atoms with Gasteiger partial charge >= 0.3 is 0 Å². The van der Waals surface area contributed by atoms with Gasteiger partial charge in [-0.15, -0.1) is 0 Å². The molecule has 1 atom stereocenters. The van der Waals surface area contributed by atoms with Crippen LogP contribution in [0.15, 0.2) is 11.6 Å². The van der Waals surface area contributed by atoms with Crippen molar-refractivity contribution in [3.8, 4) is 0 Å². The van der Waals surface area contributed by atoms with Gasteiger partial charge in [0.2, 0.25) is 0 Å². The van der Waals surface area contributed by atoms with Gasteiger partial charge < -0.3 is 4.57 Å². The van der Waals surface area contributed by atoms with E-state index < -0.39 is 7.14 Å². The number of hydrogen-bond acceptors (Lipinski definition) is 1. The molecule has 0 amide bonds. The molecule has 1 nitrogen and oxygen atoms in total. The van der Waals surface area contributed by atoms with Crippen molar-refractivity contribution in [1.82, 2.24) is 0 Å². The molecule has 0 bridgehead atoms. The SMILES string of the molecule is CC1=CC[P@](=O)(CC(C)C)C1. The molecule has 0 radical (unpaired) electrons. The van der Waals surface area contributed by atoms with Crippen LogP contribution in [0.2, 0.25) is 0 Å². The molecule has 0 aromatic carbocycles. The number of rotatable bonds is 2. The summed E-state index contributed by atoms with van der Waals surface area (Å²) in [6.07, 6.45) is 4.81. The maximum atomic E-state index is 12.0. The summed E-state index contributed by atoms with van der Waals surface area (Å²) in [5.74, 6) is 0.583. The van der Waals surface area contributed by atoms with Gasteiger partial charge in [-0.2, -0.15) is 0 Å². The number of hydrogen-bond donors (Lipinski definition) is 0. The van der Waals surface area contributed by atoms with E-state index in [0.717, 1.165) is 18.5 Å². The Morgan fingerprint density at radius 2 is 2.27 bits per heavy atom. The Kier molecular flexibility index (Phi) is 2.59. The first-order valence-electron chi connectivity index (χ1n) is 4.24. The molecule has 1 rings (SSSR count). The van der Waals surface area contributed by atoms with Gasteiger partial charge in [-0.05, 0) is 12.8 Å². The summed E-state index contributed by atoms with van der Waals surface area (Å²) in [7, 11) is -1.77. The standard InChI is InChI=1S/C9H17OP/c1-8(2)6-11(10)5-4-9(3)7-11/h4,8H,5-7H2,1-3H3/t11-/m0/s1. The highest BCUT2D eigenvalue weighted by Crippen LogP contribution is 2.52. The van der Waals surface area contributed by atoms with Crippen molar-refractivity contribution in [3.05, 3.63) is 11.6 Å². The molecule has 0 saturated carbocycles. The Morgan fingerprint density at radius 3 is 2.64 bits per heavy atom. The summed E-state index contributed by atoms with van der Waals surface area (Å²) >= 11 is 0. The molecule has 0 unspecified atom stereocenters. The smallest absolute Gasteiger partial charge is 0.0954 e. The zero-order chi connectivity index (χ0) is 8.48. The molecule has 0 aromatic rings. The van der Waals surface area contributed by atoms with Crippen molar-refractivity contribution in [3.63, 3.8) is 0 Å². The molecule has 11 heavy (non-hydrogen) atoms. The minimum atomic E-state index is -1.77. The lowest BCUT2D eigenvalue weighted by molar-refractivity contribution is 0.570. The van der Waals surface area contributed by atoms with Gasteiger partial charge in [0.05, 0.1) is 7.14 Å². The van der Waals surface area contributed by atoms with Crippen LogP contribution in [-0.4, -0.2) is 18.5 Å². The quantitative estimate of drug-likeness (QED) is 0.462. The third kappa shape index (κ3) is 2.48. The van der Waals surface area contributed by atoms with Gasteiger partial charge in [-0.25, -0.2) is 0 Å². The molecule has 1 heterocycles. The monoisotopic (exact) mass is 172 g/mol. The van der Waals surface area contributed by atoms with Gasteiger partial charge in [0, 0.05) is 18.5 Å². The van der Waals surface area contributed by atoms with Crippen molar-refractivity contribution in [2.45, 2.75) is 20.8 Å². The Bertz CT molecular complexity index is 216. The second-order valence-electron chi connectivity index (χ2n) is 4.03. The van der Waals surface area contributed by atoms with E-state index in [1.807, 2.05) is 0 Å². The van der Waals surface area contributed by atoms with E-state index in [4.69, 9.17) is 0 Å². The fourth-order valence-corrected chi connectivity index (χ4v) is 5.13. The molecule has 0 aliphatic carbocycles. The highest BCUT2D eigenvalue weighted by molar-refractivity contribution is 7.64. The minimum absolute atomic E-state index is 0.583. The molecule has 1 aliphatic rings. The first kappa shape index (κ1) is 9.06. The topological polar surface area (TPSA) is 17.1 Å². The molecule has 1 aliphatic heterocycles. The molecule has 2 heteroatoms. The van der Waals surface area contributed by atoms with E-state index in [2.05, 4.69) is 26.8 Å². The molecular weight excluding hydrogens is 155 g/mol. The van der Waals surface area contributed by atoms with Crippen LogP contribution in [0.3, 0.4) is 0 Å². The van der Waals surface area contributed by atoms with Gasteiger partial charge in [0.15, 0.2) is 0 Å². The third-order valence-corrected chi connectivity index (χ3v) is 5.33. The van der Waals surface area contributed by atoms with Crippen molar-refractivity contribution in [1.29, 1.82) is 0 Å². The normalized spacial score (nSPS) is 31.1. The molecule has 0 N–H and O–H groups in total. The van der Waals surface area contributed by atoms with Crippen LogP contribution >= 0.6 is 7.14 Å². The zero-order valence-electron chi connectivity index (χ0n) is 7.63. The maximum absolute atomic E-state index is 12.0. The predicted molar refractivity (Wildman–Crippen MR) is 50.8 cm³/mol. The minimum Gasteiger partial charge on any atom is -0.323 e. The maximum Gasteiger partial charge on any atom is 0.0954 e. The largest absolute Gasteiger partial charge is 0.323 e. The van der Waals surface area contributed by atoms with E-state index in [1.165, 1.54) is 5.57 Å². The second kappa shape index (κ2) is 3.15. The van der Waals surface area contributed by atoms with Gasteiger partial charge in [-0.3, -0.25) is 0 Å². The average Bonchev–Trinajstić information content (AvgIpc) is 2.08. The van der Waals surface area contributed by atoms with Crippen molar-refractivity contribution in [2.24, 2.45) is 5.92 Å². The first-order chi connectivity index (χ1) is 5.02. The lowest BCUT2D eigenvalue weighted by atomic mass is 10.3. The van der Waals surface area contributed by atoms with E-state index in [0.29, 0.717) is 5.92 Å². The fourth-order valence-electron chi connectivity index (χ4n) is 1.71. The van der Waals surface area contributed by atoms with Crippen LogP contribution in [-0.2, 0) is 4.57 Å². The summed E-state index contributed by atoms with van der Waals surface area (Å²) in [5, 5.41) is 0.